The van der Waals surface area contributed by atoms with Crippen LogP contribution in [0.15, 0.2) is 97.1 Å². The van der Waals surface area contributed by atoms with E-state index in [9.17, 15) is 8.42 Å². The highest BCUT2D eigenvalue weighted by molar-refractivity contribution is 7.89. The van der Waals surface area contributed by atoms with E-state index in [1.54, 1.807) is 0 Å². The van der Waals surface area contributed by atoms with Gasteiger partial charge in [-0.25, -0.2) is 43.5 Å². The largest absolute Gasteiger partial charge is 0.324 e. The first-order valence-electron chi connectivity index (χ1n) is 22.6. The number of aromatic nitrogens is 8. The average Bonchev–Trinajstić information content (AvgIpc) is 4.02. The zero-order chi connectivity index (χ0) is 42.7. The first-order chi connectivity index (χ1) is 30.4. The molecule has 8 bridgehead atoms. The molecule has 0 fully saturated rings. The molecule has 0 spiro atoms. The summed E-state index contributed by atoms with van der Waals surface area (Å²) in [5.74, 6) is 2.53. The summed E-state index contributed by atoms with van der Waals surface area (Å²) < 4.78 is 21.5. The van der Waals surface area contributed by atoms with Crippen molar-refractivity contribution in [1.29, 1.82) is 0 Å². The number of primary sulfonamides is 1. The highest BCUT2D eigenvalue weighted by atomic mass is 32.2. The van der Waals surface area contributed by atoms with Crippen LogP contribution in [0, 0.1) is 0 Å². The quantitative estimate of drug-likeness (QED) is 0.0760. The van der Waals surface area contributed by atoms with Gasteiger partial charge in [-0.2, -0.15) is 0 Å². The van der Waals surface area contributed by atoms with Crippen LogP contribution in [0.2, 0.25) is 0 Å². The van der Waals surface area contributed by atoms with Gasteiger partial charge in [0.1, 0.15) is 22.6 Å². The fraction of sp³-hybridized carbons (Fsp3) is 0.360. The van der Waals surface area contributed by atoms with Crippen LogP contribution in [0.25, 0.3) is 89.7 Å². The number of aromatic amines is 2. The number of sulfonamides is 1. The fourth-order valence-corrected chi connectivity index (χ4v) is 9.05. The van der Waals surface area contributed by atoms with Crippen LogP contribution in [0.1, 0.15) is 110 Å². The Morgan fingerprint density at radius 2 is 0.645 bits per heavy atom. The van der Waals surface area contributed by atoms with Crippen molar-refractivity contribution in [3.8, 4) is 45.6 Å². The molecule has 0 amide bonds. The third-order valence-corrected chi connectivity index (χ3v) is 12.6. The maximum atomic E-state index is 10.8. The number of rotatable bonds is 17. The molecule has 4 N–H and O–H groups in total. The standard InChI is InChI=1S/C32H18N8.C18H39NO2S/c1-2-10-18-17(9-1)25-33-26(18)38-28-21-13-5-6-14-22(21)30(35-28)40-32-24-16-8-7-15-23(24)31(36-32)39-29-20-12-4-3-11-19(20)27(34-29)37-25;1-2-3-4-5-6-7-8-9-10-11-12-13-14-15-16-17-18-22(19,20)21/h1-16H,(H2,33,34,35,36,37,38,39,40);2-18H2,1H3,(H2,19,20,21). The van der Waals surface area contributed by atoms with Crippen molar-refractivity contribution >= 4 is 54.2 Å². The molecular formula is C50H57N9O2S. The molecule has 0 saturated carbocycles. The molecular weight excluding hydrogens is 791 g/mol. The first kappa shape index (κ1) is 42.8. The second-order valence-electron chi connectivity index (χ2n) is 16.5. The number of nitrogens with two attached hydrogens (primary N) is 1. The zero-order valence-electron chi connectivity index (χ0n) is 35.7. The van der Waals surface area contributed by atoms with Crippen molar-refractivity contribution in [2.24, 2.45) is 5.14 Å². The topological polar surface area (TPSA) is 169 Å². The molecule has 2 aliphatic heterocycles. The molecule has 0 aliphatic carbocycles. The van der Waals surface area contributed by atoms with Crippen LogP contribution in [-0.2, 0) is 10.0 Å². The Morgan fingerprint density at radius 1 is 0.387 bits per heavy atom. The molecule has 12 heteroatoms. The van der Waals surface area contributed by atoms with E-state index in [4.69, 9.17) is 35.0 Å². The minimum absolute atomic E-state index is 0.144. The molecule has 2 aliphatic rings. The van der Waals surface area contributed by atoms with Gasteiger partial charge in [0.2, 0.25) is 10.0 Å². The number of unbranched alkanes of at least 4 members (excludes halogenated alkanes) is 15. The van der Waals surface area contributed by atoms with E-state index in [1.165, 1.54) is 83.5 Å². The van der Waals surface area contributed by atoms with E-state index in [0.29, 0.717) is 45.9 Å². The van der Waals surface area contributed by atoms with Crippen LogP contribution in [0.4, 0.5) is 0 Å². The summed E-state index contributed by atoms with van der Waals surface area (Å²) in [6.45, 7) is 2.27. The molecule has 62 heavy (non-hydrogen) atoms. The van der Waals surface area contributed by atoms with Crippen LogP contribution < -0.4 is 5.14 Å². The summed E-state index contributed by atoms with van der Waals surface area (Å²) in [6, 6.07) is 32.2. The number of fused-ring (bicyclic) bond motifs is 20. The highest BCUT2D eigenvalue weighted by Gasteiger charge is 2.21. The predicted molar refractivity (Wildman–Crippen MR) is 254 cm³/mol. The lowest BCUT2D eigenvalue weighted by Crippen LogP contribution is -2.16. The predicted octanol–water partition coefficient (Wildman–Crippen LogP) is 12.4. The number of H-pyrrole nitrogens is 2. The number of nitrogens with zero attached hydrogens (tertiary/aromatic N) is 6. The summed E-state index contributed by atoms with van der Waals surface area (Å²) in [5, 5.41) is 8.79. The lowest BCUT2D eigenvalue weighted by atomic mass is 10.0. The molecule has 0 saturated heterocycles. The lowest BCUT2D eigenvalue weighted by molar-refractivity contribution is 0.531. The average molecular weight is 848 g/mol. The SMILES string of the molecule is CCCCCCCCCCCCCCCCCCS(N)(=O)=O.c1ccc2c(c1)-c1nc-2nc2[nH]c(nc3nc(nc4[nH]c(n1)c1ccccc41)-c1ccccc1-3)c1ccccc21. The Bertz CT molecular complexity index is 2600. The second kappa shape index (κ2) is 20.3. The van der Waals surface area contributed by atoms with E-state index >= 15 is 0 Å². The van der Waals surface area contributed by atoms with Gasteiger partial charge in [-0.1, -0.05) is 200 Å². The molecule has 0 unspecified atom stereocenters. The fourth-order valence-electron chi connectivity index (χ4n) is 8.44. The molecule has 5 heterocycles. The third-order valence-electron chi connectivity index (χ3n) is 11.7. The van der Waals surface area contributed by atoms with Crippen molar-refractivity contribution < 1.29 is 8.42 Å². The van der Waals surface area contributed by atoms with Crippen LogP contribution in [-0.4, -0.2) is 54.0 Å². The van der Waals surface area contributed by atoms with Crippen molar-refractivity contribution in [2.75, 3.05) is 5.75 Å². The Morgan fingerprint density at radius 3 is 0.919 bits per heavy atom. The molecule has 0 radical (unpaired) electrons. The molecule has 11 nitrogen and oxygen atoms in total. The Kier molecular flexibility index (Phi) is 14.1. The van der Waals surface area contributed by atoms with Gasteiger partial charge in [0.05, 0.1) is 5.75 Å². The van der Waals surface area contributed by atoms with Gasteiger partial charge in [0.15, 0.2) is 23.3 Å². The van der Waals surface area contributed by atoms with E-state index in [1.807, 2.05) is 97.1 Å². The smallest absolute Gasteiger partial charge is 0.209 e. The molecule has 0 atom stereocenters. The first-order valence-corrected chi connectivity index (χ1v) is 24.3. The van der Waals surface area contributed by atoms with Crippen LogP contribution >= 0.6 is 0 Å². The van der Waals surface area contributed by atoms with Gasteiger partial charge in [-0.05, 0) is 6.42 Å². The minimum Gasteiger partial charge on any atom is -0.324 e. The number of nitrogens with one attached hydrogen (secondary N) is 2. The van der Waals surface area contributed by atoms with E-state index < -0.39 is 10.0 Å². The second-order valence-corrected chi connectivity index (χ2v) is 18.2. The molecule has 7 aromatic rings. The molecule has 3 aromatic heterocycles. The summed E-state index contributed by atoms with van der Waals surface area (Å²) in [4.78, 5) is 36.8. The van der Waals surface area contributed by atoms with Crippen molar-refractivity contribution in [2.45, 2.75) is 110 Å². The van der Waals surface area contributed by atoms with Crippen molar-refractivity contribution in [1.82, 2.24) is 39.9 Å². The number of hydrogen-bond donors (Lipinski definition) is 3. The van der Waals surface area contributed by atoms with E-state index in [0.717, 1.165) is 63.1 Å². The summed E-state index contributed by atoms with van der Waals surface area (Å²) in [7, 11) is -3.24. The van der Waals surface area contributed by atoms with Crippen molar-refractivity contribution in [3.05, 3.63) is 97.1 Å². The van der Waals surface area contributed by atoms with Gasteiger partial charge < -0.3 is 9.97 Å². The summed E-state index contributed by atoms with van der Waals surface area (Å²) in [5.41, 5.74) is 6.45. The monoisotopic (exact) mass is 847 g/mol. The highest BCUT2D eigenvalue weighted by Crippen LogP contribution is 2.36. The van der Waals surface area contributed by atoms with Gasteiger partial charge in [-0.15, -0.1) is 0 Å². The molecule has 9 rings (SSSR count). The van der Waals surface area contributed by atoms with Crippen LogP contribution in [0.3, 0.4) is 0 Å². The van der Waals surface area contributed by atoms with Gasteiger partial charge in [-0.3, -0.25) is 0 Å². The maximum Gasteiger partial charge on any atom is 0.209 e. The van der Waals surface area contributed by atoms with Crippen molar-refractivity contribution in [3.63, 3.8) is 0 Å². The summed E-state index contributed by atoms with van der Waals surface area (Å²) >= 11 is 0. The minimum atomic E-state index is -3.24. The number of benzene rings is 4. The maximum absolute atomic E-state index is 10.8. The Balaban J connectivity index is 0.000000208. The van der Waals surface area contributed by atoms with Gasteiger partial charge in [0.25, 0.3) is 0 Å². The molecule has 4 aromatic carbocycles. The van der Waals surface area contributed by atoms with Crippen LogP contribution in [0.5, 0.6) is 0 Å². The number of hydrogen-bond acceptors (Lipinski definition) is 8. The van der Waals surface area contributed by atoms with Gasteiger partial charge >= 0.3 is 0 Å². The Hall–Kier alpha value is -5.85. The molecule has 320 valence electrons. The van der Waals surface area contributed by atoms with E-state index in [2.05, 4.69) is 16.9 Å². The third kappa shape index (κ3) is 10.4. The zero-order valence-corrected chi connectivity index (χ0v) is 36.6. The van der Waals surface area contributed by atoms with Gasteiger partial charge in [0, 0.05) is 43.8 Å². The lowest BCUT2D eigenvalue weighted by Gasteiger charge is -2.03. The summed E-state index contributed by atoms with van der Waals surface area (Å²) in [6.07, 6.45) is 20.8. The Labute approximate surface area is 364 Å². The normalized spacial score (nSPS) is 12.0. The van der Waals surface area contributed by atoms with E-state index in [-0.39, 0.29) is 5.75 Å².